The topological polar surface area (TPSA) is 41.6 Å². The minimum absolute atomic E-state index is 0.0341. The third kappa shape index (κ3) is 5.61. The van der Waals surface area contributed by atoms with E-state index in [0.29, 0.717) is 18.7 Å². The maximum absolute atomic E-state index is 11.9. The van der Waals surface area contributed by atoms with E-state index < -0.39 is 0 Å². The Balaban J connectivity index is 1.36. The summed E-state index contributed by atoms with van der Waals surface area (Å²) in [5.41, 5.74) is 2.00. The van der Waals surface area contributed by atoms with Crippen LogP contribution in [0.4, 0.5) is 0 Å². The molecule has 4 nitrogen and oxygen atoms in total. The lowest BCUT2D eigenvalue weighted by Crippen LogP contribution is -2.25. The standard InChI is InChI=1S/C21H26N2O2/c24-21(19-9-2-1-3-10-19)22-12-7-15-25-20-11-6-8-18(16-20)17-23-13-4-5-14-23/h1-3,6,8-11,16H,4-5,7,12-15,17H2,(H,22,24). The second kappa shape index (κ2) is 9.23. The normalized spacial score (nSPS) is 14.4. The molecule has 0 bridgehead atoms. The fourth-order valence-electron chi connectivity index (χ4n) is 3.09. The van der Waals surface area contributed by atoms with E-state index in [2.05, 4.69) is 28.4 Å². The molecule has 1 fully saturated rings. The van der Waals surface area contributed by atoms with Gasteiger partial charge in [0.05, 0.1) is 6.61 Å². The highest BCUT2D eigenvalue weighted by molar-refractivity contribution is 5.94. The Hall–Kier alpha value is -2.33. The summed E-state index contributed by atoms with van der Waals surface area (Å²) in [5, 5.41) is 2.92. The minimum Gasteiger partial charge on any atom is -0.494 e. The van der Waals surface area contributed by atoms with E-state index in [1.165, 1.54) is 31.5 Å². The van der Waals surface area contributed by atoms with Gasteiger partial charge in [0, 0.05) is 18.7 Å². The molecule has 0 unspecified atom stereocenters. The number of benzene rings is 2. The molecule has 3 rings (SSSR count). The average molecular weight is 338 g/mol. The molecular weight excluding hydrogens is 312 g/mol. The highest BCUT2D eigenvalue weighted by Gasteiger charge is 2.11. The summed E-state index contributed by atoms with van der Waals surface area (Å²) < 4.78 is 5.83. The van der Waals surface area contributed by atoms with Gasteiger partial charge < -0.3 is 10.1 Å². The van der Waals surface area contributed by atoms with Crippen molar-refractivity contribution in [3.8, 4) is 5.75 Å². The van der Waals surface area contributed by atoms with Crippen LogP contribution in [0.25, 0.3) is 0 Å². The van der Waals surface area contributed by atoms with Crippen LogP contribution in [0.3, 0.4) is 0 Å². The third-order valence-corrected chi connectivity index (χ3v) is 4.41. The number of hydrogen-bond donors (Lipinski definition) is 1. The molecule has 0 spiro atoms. The van der Waals surface area contributed by atoms with E-state index in [4.69, 9.17) is 4.74 Å². The van der Waals surface area contributed by atoms with Gasteiger partial charge in [-0.25, -0.2) is 0 Å². The first-order valence-electron chi connectivity index (χ1n) is 9.08. The number of nitrogens with one attached hydrogen (secondary N) is 1. The molecule has 1 N–H and O–H groups in total. The highest BCUT2D eigenvalue weighted by Crippen LogP contribution is 2.17. The van der Waals surface area contributed by atoms with Gasteiger partial charge in [-0.15, -0.1) is 0 Å². The van der Waals surface area contributed by atoms with Crippen molar-refractivity contribution in [2.24, 2.45) is 0 Å². The Morgan fingerprint density at radius 2 is 1.84 bits per heavy atom. The summed E-state index contributed by atoms with van der Waals surface area (Å²) >= 11 is 0. The van der Waals surface area contributed by atoms with Crippen LogP contribution in [-0.2, 0) is 6.54 Å². The molecule has 25 heavy (non-hydrogen) atoms. The molecule has 4 heteroatoms. The van der Waals surface area contributed by atoms with Crippen LogP contribution in [0.15, 0.2) is 54.6 Å². The molecule has 1 saturated heterocycles. The number of hydrogen-bond acceptors (Lipinski definition) is 3. The highest BCUT2D eigenvalue weighted by atomic mass is 16.5. The van der Waals surface area contributed by atoms with Crippen LogP contribution in [0.5, 0.6) is 5.75 Å². The van der Waals surface area contributed by atoms with E-state index in [0.717, 1.165) is 18.7 Å². The maximum Gasteiger partial charge on any atom is 0.251 e. The molecule has 1 amide bonds. The summed E-state index contributed by atoms with van der Waals surface area (Å²) in [4.78, 5) is 14.4. The van der Waals surface area contributed by atoms with Crippen molar-refractivity contribution in [1.82, 2.24) is 10.2 Å². The molecule has 1 heterocycles. The number of nitrogens with zero attached hydrogens (tertiary/aromatic N) is 1. The Labute approximate surface area is 149 Å². The zero-order valence-corrected chi connectivity index (χ0v) is 14.6. The summed E-state index contributed by atoms with van der Waals surface area (Å²) in [5.74, 6) is 0.874. The average Bonchev–Trinajstić information content (AvgIpc) is 3.15. The number of ether oxygens (including phenoxy) is 1. The smallest absolute Gasteiger partial charge is 0.251 e. The van der Waals surface area contributed by atoms with Gasteiger partial charge in [0.2, 0.25) is 0 Å². The molecule has 2 aromatic carbocycles. The van der Waals surface area contributed by atoms with Crippen molar-refractivity contribution in [3.05, 3.63) is 65.7 Å². The Morgan fingerprint density at radius 3 is 2.64 bits per heavy atom. The molecule has 1 aliphatic heterocycles. The van der Waals surface area contributed by atoms with Gasteiger partial charge in [0.25, 0.3) is 5.91 Å². The lowest BCUT2D eigenvalue weighted by molar-refractivity contribution is 0.0951. The zero-order chi connectivity index (χ0) is 17.3. The minimum atomic E-state index is -0.0341. The first-order chi connectivity index (χ1) is 12.3. The second-order valence-electron chi connectivity index (χ2n) is 6.45. The Bertz CT molecular complexity index is 667. The second-order valence-corrected chi connectivity index (χ2v) is 6.45. The summed E-state index contributed by atoms with van der Waals surface area (Å²) in [6.45, 7) is 4.62. The zero-order valence-electron chi connectivity index (χ0n) is 14.6. The number of amides is 1. The van der Waals surface area contributed by atoms with Crippen molar-refractivity contribution in [2.45, 2.75) is 25.8 Å². The fourth-order valence-corrected chi connectivity index (χ4v) is 3.09. The van der Waals surface area contributed by atoms with Crippen LogP contribution in [0.2, 0.25) is 0 Å². The predicted molar refractivity (Wildman–Crippen MR) is 99.8 cm³/mol. The van der Waals surface area contributed by atoms with Gasteiger partial charge in [0.15, 0.2) is 0 Å². The first-order valence-corrected chi connectivity index (χ1v) is 9.08. The van der Waals surface area contributed by atoms with Crippen molar-refractivity contribution < 1.29 is 9.53 Å². The van der Waals surface area contributed by atoms with Crippen molar-refractivity contribution in [3.63, 3.8) is 0 Å². The SMILES string of the molecule is O=C(NCCCOc1cccc(CN2CCCC2)c1)c1ccccc1. The van der Waals surface area contributed by atoms with E-state index in [1.807, 2.05) is 36.4 Å². The van der Waals surface area contributed by atoms with Crippen molar-refractivity contribution in [1.29, 1.82) is 0 Å². The predicted octanol–water partition coefficient (Wildman–Crippen LogP) is 3.48. The number of carbonyl (C=O) groups excluding carboxylic acids is 1. The third-order valence-electron chi connectivity index (χ3n) is 4.41. The van der Waals surface area contributed by atoms with Crippen molar-refractivity contribution >= 4 is 5.91 Å². The largest absolute Gasteiger partial charge is 0.494 e. The van der Waals surface area contributed by atoms with Crippen LogP contribution < -0.4 is 10.1 Å². The first kappa shape index (κ1) is 17.5. The van der Waals surface area contributed by atoms with Gasteiger partial charge in [0.1, 0.15) is 5.75 Å². The molecule has 0 saturated carbocycles. The lowest BCUT2D eigenvalue weighted by Gasteiger charge is -2.15. The Kier molecular flexibility index (Phi) is 6.46. The van der Waals surface area contributed by atoms with Crippen LogP contribution in [0.1, 0.15) is 35.2 Å². The van der Waals surface area contributed by atoms with Gasteiger partial charge in [-0.1, -0.05) is 30.3 Å². The molecule has 1 aliphatic rings. The fraction of sp³-hybridized carbons (Fsp3) is 0.381. The molecule has 2 aromatic rings. The number of carbonyl (C=O) groups is 1. The van der Waals surface area contributed by atoms with Gasteiger partial charge in [-0.05, 0) is 62.2 Å². The van der Waals surface area contributed by atoms with E-state index in [9.17, 15) is 4.79 Å². The maximum atomic E-state index is 11.9. The summed E-state index contributed by atoms with van der Waals surface area (Å²) in [7, 11) is 0. The van der Waals surface area contributed by atoms with Crippen LogP contribution in [0, 0.1) is 0 Å². The molecule has 0 atom stereocenters. The lowest BCUT2D eigenvalue weighted by atomic mass is 10.2. The van der Waals surface area contributed by atoms with E-state index in [1.54, 1.807) is 0 Å². The van der Waals surface area contributed by atoms with E-state index >= 15 is 0 Å². The van der Waals surface area contributed by atoms with Crippen LogP contribution >= 0.6 is 0 Å². The molecule has 0 aromatic heterocycles. The monoisotopic (exact) mass is 338 g/mol. The van der Waals surface area contributed by atoms with Crippen molar-refractivity contribution in [2.75, 3.05) is 26.2 Å². The molecular formula is C21H26N2O2. The molecule has 0 radical (unpaired) electrons. The van der Waals surface area contributed by atoms with Gasteiger partial charge in [-0.2, -0.15) is 0 Å². The summed E-state index contributed by atoms with van der Waals surface area (Å²) in [6.07, 6.45) is 3.41. The molecule has 0 aliphatic carbocycles. The number of rotatable bonds is 8. The van der Waals surface area contributed by atoms with E-state index in [-0.39, 0.29) is 5.91 Å². The van der Waals surface area contributed by atoms with Crippen LogP contribution in [-0.4, -0.2) is 37.0 Å². The Morgan fingerprint density at radius 1 is 1.04 bits per heavy atom. The van der Waals surface area contributed by atoms with Gasteiger partial charge >= 0.3 is 0 Å². The summed E-state index contributed by atoms with van der Waals surface area (Å²) in [6, 6.07) is 17.6. The quantitative estimate of drug-likeness (QED) is 0.749. The van der Waals surface area contributed by atoms with Gasteiger partial charge in [-0.3, -0.25) is 9.69 Å². The number of likely N-dealkylation sites (tertiary alicyclic amines) is 1. The molecule has 132 valence electrons.